The maximum atomic E-state index is 13.2. The first kappa shape index (κ1) is 33.8. The van der Waals surface area contributed by atoms with Crippen LogP contribution in [0.5, 0.6) is 0 Å². The summed E-state index contributed by atoms with van der Waals surface area (Å²) in [5.41, 5.74) is 11.4. The fraction of sp³-hybridized carbons (Fsp3) is 0.333. The van der Waals surface area contributed by atoms with Gasteiger partial charge >= 0.3 is 5.97 Å². The summed E-state index contributed by atoms with van der Waals surface area (Å²) in [5, 5.41) is 29.8. The topological polar surface area (TPSA) is 251 Å². The van der Waals surface area contributed by atoms with Gasteiger partial charge in [-0.05, 0) is 11.6 Å². The highest BCUT2D eigenvalue weighted by Gasteiger charge is 2.54. The predicted octanol–water partition coefficient (Wildman–Crippen LogP) is 0.0873. The number of aliphatic carboxylic acids is 1. The van der Waals surface area contributed by atoms with E-state index in [1.165, 1.54) is 40.7 Å². The van der Waals surface area contributed by atoms with Gasteiger partial charge in [0.15, 0.2) is 16.8 Å². The third kappa shape index (κ3) is 8.35. The Morgan fingerprint density at radius 3 is 2.89 bits per heavy atom. The molecule has 2 aliphatic heterocycles. The Hall–Kier alpha value is -4.08. The SMILES string of the molecule is N=C(N)NC(CSCc1cnccc1SC1=C(C(=O)O)N2C(=O)[C@@H](NC(=O)/C(=N\OCCF)c3csc(N)n3)[C@@H]2SC1)NC=O. The van der Waals surface area contributed by atoms with Crippen LogP contribution in [-0.2, 0) is 29.8 Å². The number of carbonyl (C=O) groups excluding carboxylic acids is 3. The number of nitrogen functional groups attached to an aromatic ring is 1. The van der Waals surface area contributed by atoms with E-state index in [-0.39, 0.29) is 33.9 Å². The van der Waals surface area contributed by atoms with Gasteiger partial charge in [-0.15, -0.1) is 23.1 Å². The van der Waals surface area contributed by atoms with E-state index in [9.17, 15) is 28.7 Å². The minimum absolute atomic E-state index is 0.0792. The molecule has 240 valence electrons. The summed E-state index contributed by atoms with van der Waals surface area (Å²) >= 11 is 4.95. The van der Waals surface area contributed by atoms with Gasteiger partial charge in [0.05, 0.1) is 0 Å². The van der Waals surface area contributed by atoms with Gasteiger partial charge < -0.3 is 37.4 Å². The van der Waals surface area contributed by atoms with Gasteiger partial charge in [0, 0.05) is 44.8 Å². The molecule has 1 unspecified atom stereocenters. The van der Waals surface area contributed by atoms with Crippen molar-refractivity contribution in [1.82, 2.24) is 30.8 Å². The number of β-lactam (4-membered cyclic amide) rings is 1. The molecule has 4 rings (SSSR count). The minimum atomic E-state index is -1.30. The number of alkyl halides is 1. The average molecular weight is 699 g/mol. The molecule has 1 fully saturated rings. The maximum absolute atomic E-state index is 13.2. The van der Waals surface area contributed by atoms with E-state index in [0.717, 1.165) is 26.7 Å². The lowest BCUT2D eigenvalue weighted by molar-refractivity contribution is -0.150. The van der Waals surface area contributed by atoms with Gasteiger partial charge in [-0.3, -0.25) is 29.7 Å². The van der Waals surface area contributed by atoms with Gasteiger partial charge in [-0.2, -0.15) is 11.8 Å². The monoisotopic (exact) mass is 698 g/mol. The van der Waals surface area contributed by atoms with E-state index >= 15 is 0 Å². The highest BCUT2D eigenvalue weighted by atomic mass is 32.2. The Kier molecular flexibility index (Phi) is 11.8. The maximum Gasteiger partial charge on any atom is 0.353 e. The molecule has 0 radical (unpaired) electrons. The van der Waals surface area contributed by atoms with Crippen molar-refractivity contribution >= 4 is 87.6 Å². The van der Waals surface area contributed by atoms with Crippen LogP contribution >= 0.6 is 46.6 Å². The van der Waals surface area contributed by atoms with E-state index in [2.05, 4.69) is 31.1 Å². The van der Waals surface area contributed by atoms with Gasteiger partial charge in [0.2, 0.25) is 6.41 Å². The minimum Gasteiger partial charge on any atom is -0.477 e. The third-order valence-electron chi connectivity index (χ3n) is 5.96. The molecule has 0 aromatic carbocycles. The summed E-state index contributed by atoms with van der Waals surface area (Å²) in [6, 6.07) is 0.673. The van der Waals surface area contributed by atoms with Crippen molar-refractivity contribution in [2.45, 2.75) is 28.2 Å². The summed E-state index contributed by atoms with van der Waals surface area (Å²) in [6.45, 7) is -1.24. The molecule has 2 aromatic heterocycles. The fourth-order valence-electron chi connectivity index (χ4n) is 4.07. The lowest BCUT2D eigenvalue weighted by Gasteiger charge is -2.49. The lowest BCUT2D eigenvalue weighted by Crippen LogP contribution is -2.71. The predicted molar refractivity (Wildman–Crippen MR) is 169 cm³/mol. The highest BCUT2D eigenvalue weighted by Crippen LogP contribution is 2.45. The number of thioether (sulfide) groups is 3. The molecule has 16 nitrogen and oxygen atoms in total. The number of carboxylic acids is 1. The number of guanidine groups is 1. The Morgan fingerprint density at radius 1 is 1.42 bits per heavy atom. The number of nitrogens with two attached hydrogens (primary N) is 2. The molecule has 0 spiro atoms. The van der Waals surface area contributed by atoms with Crippen LogP contribution in [0.25, 0.3) is 0 Å². The van der Waals surface area contributed by atoms with Crippen molar-refractivity contribution in [2.75, 3.05) is 30.5 Å². The second-order valence-electron chi connectivity index (χ2n) is 8.97. The summed E-state index contributed by atoms with van der Waals surface area (Å²) in [6.07, 6.45) is 3.14. The number of pyridine rings is 1. The molecular weight excluding hydrogens is 672 g/mol. The van der Waals surface area contributed by atoms with E-state index in [1.807, 2.05) is 0 Å². The van der Waals surface area contributed by atoms with Crippen LogP contribution < -0.4 is 27.4 Å². The molecule has 4 heterocycles. The molecule has 3 amide bonds. The zero-order chi connectivity index (χ0) is 32.5. The van der Waals surface area contributed by atoms with Crippen molar-refractivity contribution < 1.29 is 33.5 Å². The molecule has 0 saturated carbocycles. The van der Waals surface area contributed by atoms with Gasteiger partial charge in [0.1, 0.15) is 42.3 Å². The molecule has 9 N–H and O–H groups in total. The highest BCUT2D eigenvalue weighted by molar-refractivity contribution is 8.06. The number of halogens is 1. The number of thiazole rings is 1. The van der Waals surface area contributed by atoms with Crippen LogP contribution in [0.2, 0.25) is 0 Å². The van der Waals surface area contributed by atoms with Crippen molar-refractivity contribution in [1.29, 1.82) is 5.41 Å². The normalized spacial score (nSPS) is 18.4. The van der Waals surface area contributed by atoms with Gasteiger partial charge in [-0.25, -0.2) is 14.2 Å². The second kappa shape index (κ2) is 15.8. The number of rotatable bonds is 16. The van der Waals surface area contributed by atoms with Crippen molar-refractivity contribution in [3.05, 3.63) is 45.7 Å². The molecule has 0 aliphatic carbocycles. The van der Waals surface area contributed by atoms with Crippen LogP contribution in [0.15, 0.2) is 44.5 Å². The first-order valence-electron chi connectivity index (χ1n) is 12.8. The summed E-state index contributed by atoms with van der Waals surface area (Å²) in [7, 11) is 0. The van der Waals surface area contributed by atoms with Crippen LogP contribution in [0.3, 0.4) is 0 Å². The molecular formula is C24H27FN10O6S4. The number of hydrogen-bond acceptors (Lipinski definition) is 14. The number of nitrogens with zero attached hydrogens (tertiary/aromatic N) is 4. The number of nitrogens with one attached hydrogen (secondary N) is 4. The Bertz CT molecular complexity index is 1520. The number of hydrogen-bond donors (Lipinski definition) is 7. The van der Waals surface area contributed by atoms with E-state index in [1.54, 1.807) is 18.5 Å². The standard InChI is InChI=1S/C24H27FN10O6S4/c25-2-4-41-34-16(12-7-44-24(28)31-12)19(37)33-17-20(38)35-18(22(39)40)14(8-43-21(17)35)45-13-1-3-29-5-11(13)6-42-9-15(30-10-36)32-23(26)27/h1,3,5,7,10,15,17,21H,2,4,6,8-9H2,(H2,28,31)(H,30,36)(H,33,37)(H,39,40)(H4,26,27,32)/b34-16-/t15?,17-,21+/m1/s1. The van der Waals surface area contributed by atoms with Crippen LogP contribution in [0.4, 0.5) is 9.52 Å². The number of anilines is 1. The Balaban J connectivity index is 1.47. The van der Waals surface area contributed by atoms with E-state index in [0.29, 0.717) is 22.8 Å². The van der Waals surface area contributed by atoms with Gasteiger partial charge in [-0.1, -0.05) is 16.9 Å². The number of aromatic nitrogens is 2. The van der Waals surface area contributed by atoms with Crippen LogP contribution in [0.1, 0.15) is 11.3 Å². The van der Waals surface area contributed by atoms with E-state index in [4.69, 9.17) is 21.7 Å². The quantitative estimate of drug-likeness (QED) is 0.0233. The van der Waals surface area contributed by atoms with Crippen LogP contribution in [-0.4, -0.2) is 98.2 Å². The number of carbonyl (C=O) groups is 4. The zero-order valence-corrected chi connectivity index (χ0v) is 26.4. The summed E-state index contributed by atoms with van der Waals surface area (Å²) < 4.78 is 12.5. The van der Waals surface area contributed by atoms with Gasteiger partial charge in [0.25, 0.3) is 11.8 Å². The summed E-state index contributed by atoms with van der Waals surface area (Å²) in [5.74, 6) is -1.99. The lowest BCUT2D eigenvalue weighted by atomic mass is 10.0. The second-order valence-corrected chi connectivity index (χ2v) is 13.1. The van der Waals surface area contributed by atoms with Crippen molar-refractivity contribution in [2.24, 2.45) is 10.9 Å². The molecule has 2 aromatic rings. The fourth-order valence-corrected chi connectivity index (χ4v) is 8.26. The molecule has 45 heavy (non-hydrogen) atoms. The van der Waals surface area contributed by atoms with Crippen LogP contribution in [0, 0.1) is 5.41 Å². The largest absolute Gasteiger partial charge is 0.477 e. The number of amides is 3. The molecule has 1 saturated heterocycles. The first-order chi connectivity index (χ1) is 21.6. The number of fused-ring (bicyclic) bond motifs is 1. The molecule has 21 heteroatoms. The van der Waals surface area contributed by atoms with Crippen molar-refractivity contribution in [3.8, 4) is 0 Å². The van der Waals surface area contributed by atoms with E-state index < -0.39 is 48.6 Å². The average Bonchev–Trinajstić information content (AvgIpc) is 3.43. The number of oxime groups is 1. The smallest absolute Gasteiger partial charge is 0.353 e. The number of carboxylic acid groups (broad SMARTS) is 1. The first-order valence-corrected chi connectivity index (χ1v) is 16.7. The van der Waals surface area contributed by atoms with Crippen molar-refractivity contribution in [3.63, 3.8) is 0 Å². The zero-order valence-electron chi connectivity index (χ0n) is 23.1. The summed E-state index contributed by atoms with van der Waals surface area (Å²) in [4.78, 5) is 64.9. The Labute approximate surface area is 271 Å². The molecule has 0 bridgehead atoms. The third-order valence-corrected chi connectivity index (χ3v) is 10.4. The molecule has 3 atom stereocenters. The Morgan fingerprint density at radius 2 is 2.22 bits per heavy atom. The molecule has 2 aliphatic rings.